The molecule has 7 heteroatoms. The van der Waals surface area contributed by atoms with E-state index < -0.39 is 17.1 Å². The van der Waals surface area contributed by atoms with Crippen molar-refractivity contribution < 1.29 is 17.7 Å². The monoisotopic (exact) mass is 492 g/mol. The summed E-state index contributed by atoms with van der Waals surface area (Å²) in [5.41, 5.74) is 1.40. The van der Waals surface area contributed by atoms with Crippen molar-refractivity contribution in [2.45, 2.75) is 102 Å². The van der Waals surface area contributed by atoms with Crippen LogP contribution in [0.1, 0.15) is 72.8 Å². The molecule has 32 heavy (non-hydrogen) atoms. The van der Waals surface area contributed by atoms with Crippen LogP contribution < -0.4 is 0 Å². The van der Waals surface area contributed by atoms with Crippen LogP contribution in [0.2, 0.25) is 22.2 Å². The van der Waals surface area contributed by atoms with Crippen LogP contribution in [0.15, 0.2) is 30.3 Å². The molecular formula is C25H40O4SSi2. The summed E-state index contributed by atoms with van der Waals surface area (Å²) < 4.78 is 29.3. The third-order valence-corrected chi connectivity index (χ3v) is 18.8. The molecular weight excluding hydrogens is 453 g/mol. The van der Waals surface area contributed by atoms with Gasteiger partial charge in [0.2, 0.25) is 0 Å². The summed E-state index contributed by atoms with van der Waals surface area (Å²) in [6.07, 6.45) is 0.913. The average Bonchev–Trinajstić information content (AvgIpc) is 3.31. The van der Waals surface area contributed by atoms with E-state index in [4.69, 9.17) is 17.7 Å². The Morgan fingerprint density at radius 1 is 0.844 bits per heavy atom. The Morgan fingerprint density at radius 2 is 1.47 bits per heavy atom. The van der Waals surface area contributed by atoms with Crippen molar-refractivity contribution in [2.75, 3.05) is 6.61 Å². The Kier molecular flexibility index (Phi) is 7.10. The second-order valence-corrected chi connectivity index (χ2v) is 20.7. The Bertz CT molecular complexity index is 877. The highest BCUT2D eigenvalue weighted by molar-refractivity contribution is 7.19. The van der Waals surface area contributed by atoms with E-state index in [1.54, 1.807) is 0 Å². The average molecular weight is 493 g/mol. The zero-order chi connectivity index (χ0) is 23.3. The van der Waals surface area contributed by atoms with Crippen LogP contribution in [-0.2, 0) is 17.7 Å². The predicted octanol–water partition coefficient (Wildman–Crippen LogP) is 7.69. The Morgan fingerprint density at radius 3 is 2.06 bits per heavy atom. The molecule has 0 aliphatic carbocycles. The maximum Gasteiger partial charge on any atom is 0.335 e. The summed E-state index contributed by atoms with van der Waals surface area (Å²) >= 11 is 1.84. The van der Waals surface area contributed by atoms with Crippen molar-refractivity contribution in [3.63, 3.8) is 0 Å². The second-order valence-electron chi connectivity index (χ2n) is 10.7. The maximum atomic E-state index is 7.29. The van der Waals surface area contributed by atoms with Crippen molar-refractivity contribution in [1.29, 1.82) is 0 Å². The molecule has 0 spiro atoms. The minimum Gasteiger partial charge on any atom is -0.414 e. The van der Waals surface area contributed by atoms with E-state index in [9.17, 15) is 0 Å². The van der Waals surface area contributed by atoms with E-state index in [0.29, 0.717) is 28.8 Å². The van der Waals surface area contributed by atoms with Crippen molar-refractivity contribution in [3.8, 4) is 0 Å². The molecule has 3 heterocycles. The topological polar surface area (TPSA) is 36.9 Å². The van der Waals surface area contributed by atoms with Gasteiger partial charge in [0.15, 0.2) is 0 Å². The van der Waals surface area contributed by atoms with Gasteiger partial charge in [0.1, 0.15) is 6.10 Å². The number of thiophene rings is 1. The quantitative estimate of drug-likeness (QED) is 0.401. The van der Waals surface area contributed by atoms with Crippen molar-refractivity contribution in [1.82, 2.24) is 0 Å². The van der Waals surface area contributed by atoms with E-state index in [1.807, 2.05) is 11.3 Å². The number of benzene rings is 1. The molecule has 178 valence electrons. The Balaban J connectivity index is 1.69. The molecule has 1 aromatic carbocycles. The fourth-order valence-corrected chi connectivity index (χ4v) is 17.8. The molecule has 0 bridgehead atoms. The Hall–Kier alpha value is -0.546. The molecule has 0 saturated carbocycles. The predicted molar refractivity (Wildman–Crippen MR) is 138 cm³/mol. The van der Waals surface area contributed by atoms with E-state index in [1.165, 1.54) is 15.0 Å². The number of ether oxygens (including phenoxy) is 1. The first-order chi connectivity index (χ1) is 15.1. The Labute approximate surface area is 200 Å². The van der Waals surface area contributed by atoms with Gasteiger partial charge in [-0.25, -0.2) is 0 Å². The lowest BCUT2D eigenvalue weighted by Gasteiger charge is -2.51. The van der Waals surface area contributed by atoms with Crippen molar-refractivity contribution >= 4 is 38.5 Å². The molecule has 0 amide bonds. The van der Waals surface area contributed by atoms with Crippen LogP contribution in [0, 0.1) is 0 Å². The number of hydrogen-bond acceptors (Lipinski definition) is 5. The first-order valence-electron chi connectivity index (χ1n) is 12.2. The molecule has 0 unspecified atom stereocenters. The van der Waals surface area contributed by atoms with E-state index in [2.05, 4.69) is 85.7 Å². The molecule has 2 saturated heterocycles. The summed E-state index contributed by atoms with van der Waals surface area (Å²) in [4.78, 5) is 1.29. The van der Waals surface area contributed by atoms with Gasteiger partial charge in [0.05, 0.1) is 18.8 Å². The lowest BCUT2D eigenvalue weighted by Crippen LogP contribution is -2.65. The van der Waals surface area contributed by atoms with Crippen molar-refractivity contribution in [3.05, 3.63) is 35.2 Å². The van der Waals surface area contributed by atoms with Crippen LogP contribution in [0.25, 0.3) is 10.1 Å². The van der Waals surface area contributed by atoms with E-state index >= 15 is 0 Å². The first-order valence-corrected chi connectivity index (χ1v) is 17.0. The summed E-state index contributed by atoms with van der Waals surface area (Å²) in [6, 6.07) is 10.9. The standard InChI is InChI=1S/C25H40O4SSi2/c1-16(2)31(17(3)4)26-15-23-21(28-32(29-31,18(5)6)19(7)8)14-22(27-23)25-13-20-11-9-10-12-24(20)30-25/h9-13,16-19,21-23H,14-15H2,1-8H3/t21-,22+,23+/m0/s1. The normalized spacial score (nSPS) is 27.9. The van der Waals surface area contributed by atoms with Gasteiger partial charge in [0, 0.05) is 16.0 Å². The summed E-state index contributed by atoms with van der Waals surface area (Å²) in [5.74, 6) is 0. The molecule has 2 aliphatic heterocycles. The molecule has 0 N–H and O–H groups in total. The van der Waals surface area contributed by atoms with Crippen LogP contribution in [0.4, 0.5) is 0 Å². The van der Waals surface area contributed by atoms with Gasteiger partial charge in [-0.1, -0.05) is 73.6 Å². The molecule has 0 radical (unpaired) electrons. The third kappa shape index (κ3) is 4.19. The van der Waals surface area contributed by atoms with Crippen LogP contribution in [0.3, 0.4) is 0 Å². The smallest absolute Gasteiger partial charge is 0.335 e. The van der Waals surface area contributed by atoms with Gasteiger partial charge in [0.25, 0.3) is 0 Å². The minimum absolute atomic E-state index is 0.0213. The number of hydrogen-bond donors (Lipinski definition) is 0. The van der Waals surface area contributed by atoms with E-state index in [0.717, 1.165) is 6.42 Å². The SMILES string of the molecule is CC(C)[Si]1(C(C)C)OC[C@H]2O[C@@H](c3cc4ccccc4s3)C[C@@H]2O[Si](C(C)C)(C(C)C)O1. The fraction of sp³-hybridized carbons (Fsp3) is 0.680. The second kappa shape index (κ2) is 9.25. The maximum absolute atomic E-state index is 7.29. The number of fused-ring (bicyclic) bond motifs is 2. The van der Waals surface area contributed by atoms with Gasteiger partial charge in [-0.2, -0.15) is 0 Å². The van der Waals surface area contributed by atoms with E-state index in [-0.39, 0.29) is 18.3 Å². The van der Waals surface area contributed by atoms with Crippen LogP contribution in [0.5, 0.6) is 0 Å². The fourth-order valence-electron chi connectivity index (χ4n) is 5.49. The molecule has 4 nitrogen and oxygen atoms in total. The molecule has 2 aromatic rings. The van der Waals surface area contributed by atoms with Gasteiger partial charge >= 0.3 is 17.1 Å². The highest BCUT2D eigenvalue weighted by Gasteiger charge is 2.60. The molecule has 1 aromatic heterocycles. The molecule has 3 atom stereocenters. The van der Waals surface area contributed by atoms with Gasteiger partial charge in [-0.3, -0.25) is 0 Å². The lowest BCUT2D eigenvalue weighted by molar-refractivity contribution is -0.0379. The van der Waals surface area contributed by atoms with Crippen LogP contribution >= 0.6 is 11.3 Å². The van der Waals surface area contributed by atoms with Gasteiger partial charge in [-0.15, -0.1) is 11.3 Å². The lowest BCUT2D eigenvalue weighted by atomic mass is 10.1. The zero-order valence-electron chi connectivity index (χ0n) is 20.9. The highest BCUT2D eigenvalue weighted by atomic mass is 32.1. The highest BCUT2D eigenvalue weighted by Crippen LogP contribution is 2.49. The number of rotatable bonds is 5. The molecule has 4 rings (SSSR count). The zero-order valence-corrected chi connectivity index (χ0v) is 23.7. The third-order valence-electron chi connectivity index (χ3n) is 7.31. The van der Waals surface area contributed by atoms with Gasteiger partial charge < -0.3 is 17.7 Å². The largest absolute Gasteiger partial charge is 0.414 e. The summed E-state index contributed by atoms with van der Waals surface area (Å²) in [7, 11) is -5.08. The van der Waals surface area contributed by atoms with Crippen LogP contribution in [-0.4, -0.2) is 35.9 Å². The summed E-state index contributed by atoms with van der Waals surface area (Å²) in [5, 5.41) is 1.29. The molecule has 2 fully saturated rings. The first kappa shape index (κ1) is 24.6. The van der Waals surface area contributed by atoms with Crippen molar-refractivity contribution in [2.24, 2.45) is 0 Å². The molecule has 2 aliphatic rings. The summed E-state index contributed by atoms with van der Waals surface area (Å²) in [6.45, 7) is 18.7. The minimum atomic E-state index is -2.57. The van der Waals surface area contributed by atoms with Gasteiger partial charge in [-0.05, 0) is 39.7 Å².